The quantitative estimate of drug-likeness (QED) is 0.770. The van der Waals surface area contributed by atoms with Crippen LogP contribution in [0.25, 0.3) is 0 Å². The number of rotatable bonds is 8. The van der Waals surface area contributed by atoms with Gasteiger partial charge in [-0.05, 0) is 43.5 Å². The highest BCUT2D eigenvalue weighted by Gasteiger charge is 2.11. The lowest BCUT2D eigenvalue weighted by Gasteiger charge is -2.13. The summed E-state index contributed by atoms with van der Waals surface area (Å²) in [6, 6.07) is 6.29. The standard InChI is InChI=1S/C15H24N2O3S/c1-3-12(9-10-16)7-8-15(18)17-13-5-4-6-14(11-13)21(2,19)20/h4-6,11-12H,3,7-10,16H2,1-2H3,(H,17,18). The van der Waals surface area contributed by atoms with Crippen LogP contribution in [0.4, 0.5) is 5.69 Å². The molecule has 0 aliphatic heterocycles. The molecule has 1 unspecified atom stereocenters. The van der Waals surface area contributed by atoms with E-state index < -0.39 is 9.84 Å². The largest absolute Gasteiger partial charge is 0.330 e. The van der Waals surface area contributed by atoms with Gasteiger partial charge in [-0.25, -0.2) is 8.42 Å². The molecule has 21 heavy (non-hydrogen) atoms. The molecule has 0 aliphatic carbocycles. The minimum absolute atomic E-state index is 0.101. The van der Waals surface area contributed by atoms with Gasteiger partial charge in [-0.3, -0.25) is 4.79 Å². The molecule has 1 rings (SSSR count). The molecule has 5 nitrogen and oxygen atoms in total. The summed E-state index contributed by atoms with van der Waals surface area (Å²) in [5, 5.41) is 2.74. The Balaban J connectivity index is 2.59. The predicted molar refractivity (Wildman–Crippen MR) is 84.9 cm³/mol. The van der Waals surface area contributed by atoms with Crippen LogP contribution in [0.3, 0.4) is 0 Å². The monoisotopic (exact) mass is 312 g/mol. The fourth-order valence-electron chi connectivity index (χ4n) is 2.15. The lowest BCUT2D eigenvalue weighted by atomic mass is 9.96. The first-order valence-corrected chi connectivity index (χ1v) is 9.06. The second-order valence-electron chi connectivity index (χ2n) is 5.24. The molecule has 0 aromatic heterocycles. The Kier molecular flexibility index (Phi) is 6.84. The van der Waals surface area contributed by atoms with Crippen molar-refractivity contribution in [1.82, 2.24) is 0 Å². The van der Waals surface area contributed by atoms with Gasteiger partial charge in [0.1, 0.15) is 0 Å². The molecule has 1 atom stereocenters. The van der Waals surface area contributed by atoms with Crippen molar-refractivity contribution in [2.45, 2.75) is 37.5 Å². The molecule has 1 amide bonds. The third-order valence-corrected chi connectivity index (χ3v) is 4.59. The van der Waals surface area contributed by atoms with Crippen molar-refractivity contribution >= 4 is 21.4 Å². The maximum Gasteiger partial charge on any atom is 0.224 e. The SMILES string of the molecule is CCC(CCN)CCC(=O)Nc1cccc(S(C)(=O)=O)c1. The van der Waals surface area contributed by atoms with E-state index in [1.165, 1.54) is 12.1 Å². The van der Waals surface area contributed by atoms with Gasteiger partial charge in [-0.15, -0.1) is 0 Å². The average Bonchev–Trinajstić information content (AvgIpc) is 2.42. The molecule has 6 heteroatoms. The van der Waals surface area contributed by atoms with Crippen LogP contribution in [-0.2, 0) is 14.6 Å². The summed E-state index contributed by atoms with van der Waals surface area (Å²) >= 11 is 0. The Labute approximate surface area is 126 Å². The molecule has 0 saturated heterocycles. The van der Waals surface area contributed by atoms with Gasteiger partial charge in [0.15, 0.2) is 9.84 Å². The second-order valence-corrected chi connectivity index (χ2v) is 7.25. The van der Waals surface area contributed by atoms with Crippen molar-refractivity contribution in [2.24, 2.45) is 11.7 Å². The van der Waals surface area contributed by atoms with E-state index in [0.717, 1.165) is 25.5 Å². The van der Waals surface area contributed by atoms with Crippen LogP contribution >= 0.6 is 0 Å². The van der Waals surface area contributed by atoms with Crippen LogP contribution in [0, 0.1) is 5.92 Å². The maximum atomic E-state index is 11.9. The van der Waals surface area contributed by atoms with Crippen molar-refractivity contribution < 1.29 is 13.2 Å². The van der Waals surface area contributed by atoms with Crippen molar-refractivity contribution in [3.8, 4) is 0 Å². The fraction of sp³-hybridized carbons (Fsp3) is 0.533. The number of anilines is 1. The fourth-order valence-corrected chi connectivity index (χ4v) is 2.82. The zero-order valence-electron chi connectivity index (χ0n) is 12.6. The van der Waals surface area contributed by atoms with Crippen LogP contribution in [0.1, 0.15) is 32.6 Å². The molecule has 1 aromatic rings. The molecule has 3 N–H and O–H groups in total. The van der Waals surface area contributed by atoms with E-state index >= 15 is 0 Å². The molecule has 118 valence electrons. The lowest BCUT2D eigenvalue weighted by molar-refractivity contribution is -0.116. The molecule has 0 heterocycles. The van der Waals surface area contributed by atoms with Crippen LogP contribution in [0.15, 0.2) is 29.2 Å². The van der Waals surface area contributed by atoms with Crippen molar-refractivity contribution in [3.63, 3.8) is 0 Å². The second kappa shape index (κ2) is 8.14. The Bertz CT molecular complexity index is 570. The third-order valence-electron chi connectivity index (χ3n) is 3.48. The molecule has 0 radical (unpaired) electrons. The van der Waals surface area contributed by atoms with Crippen molar-refractivity contribution in [1.29, 1.82) is 0 Å². The summed E-state index contributed by atoms with van der Waals surface area (Å²) in [6.07, 6.45) is 4.29. The van der Waals surface area contributed by atoms with Crippen molar-refractivity contribution in [3.05, 3.63) is 24.3 Å². The zero-order chi connectivity index (χ0) is 15.9. The summed E-state index contributed by atoms with van der Waals surface area (Å²) in [6.45, 7) is 2.73. The van der Waals surface area contributed by atoms with Gasteiger partial charge < -0.3 is 11.1 Å². The summed E-state index contributed by atoms with van der Waals surface area (Å²) in [4.78, 5) is 12.1. The third kappa shape index (κ3) is 6.27. The number of carbonyl (C=O) groups is 1. The summed E-state index contributed by atoms with van der Waals surface area (Å²) in [5.41, 5.74) is 6.04. The van der Waals surface area contributed by atoms with E-state index in [-0.39, 0.29) is 10.8 Å². The average molecular weight is 312 g/mol. The number of hydrogen-bond acceptors (Lipinski definition) is 4. The van der Waals surface area contributed by atoms with E-state index in [2.05, 4.69) is 12.2 Å². The highest BCUT2D eigenvalue weighted by atomic mass is 32.2. The Morgan fingerprint density at radius 3 is 2.62 bits per heavy atom. The van der Waals surface area contributed by atoms with E-state index in [0.29, 0.717) is 24.6 Å². The van der Waals surface area contributed by atoms with E-state index in [4.69, 9.17) is 5.73 Å². The number of nitrogens with one attached hydrogen (secondary N) is 1. The minimum atomic E-state index is -3.26. The topological polar surface area (TPSA) is 89.3 Å². The first kappa shape index (κ1) is 17.7. The normalized spacial score (nSPS) is 12.9. The Morgan fingerprint density at radius 1 is 1.33 bits per heavy atom. The Morgan fingerprint density at radius 2 is 2.05 bits per heavy atom. The molecule has 1 aromatic carbocycles. The number of benzene rings is 1. The summed E-state index contributed by atoms with van der Waals surface area (Å²) in [7, 11) is -3.26. The number of carbonyl (C=O) groups excluding carboxylic acids is 1. The first-order chi connectivity index (χ1) is 9.86. The van der Waals surface area contributed by atoms with E-state index in [1.807, 2.05) is 0 Å². The first-order valence-electron chi connectivity index (χ1n) is 7.16. The summed E-state index contributed by atoms with van der Waals surface area (Å²) < 4.78 is 22.9. The number of nitrogens with two attached hydrogens (primary N) is 1. The minimum Gasteiger partial charge on any atom is -0.330 e. The lowest BCUT2D eigenvalue weighted by Crippen LogP contribution is -2.15. The van der Waals surface area contributed by atoms with Gasteiger partial charge in [-0.1, -0.05) is 19.4 Å². The molecule has 0 aliphatic rings. The molecular weight excluding hydrogens is 288 g/mol. The number of sulfone groups is 1. The molecule has 0 spiro atoms. The van der Waals surface area contributed by atoms with Gasteiger partial charge in [-0.2, -0.15) is 0 Å². The van der Waals surface area contributed by atoms with Gasteiger partial charge >= 0.3 is 0 Å². The van der Waals surface area contributed by atoms with Gasteiger partial charge in [0.25, 0.3) is 0 Å². The van der Waals surface area contributed by atoms with E-state index in [1.54, 1.807) is 12.1 Å². The zero-order valence-corrected chi connectivity index (χ0v) is 13.4. The van der Waals surface area contributed by atoms with Gasteiger partial charge in [0.05, 0.1) is 4.90 Å². The smallest absolute Gasteiger partial charge is 0.224 e. The highest BCUT2D eigenvalue weighted by Crippen LogP contribution is 2.18. The predicted octanol–water partition coefficient (Wildman–Crippen LogP) is 2.18. The number of hydrogen-bond donors (Lipinski definition) is 2. The van der Waals surface area contributed by atoms with Gasteiger partial charge in [0, 0.05) is 18.4 Å². The molecule has 0 fully saturated rings. The van der Waals surface area contributed by atoms with Crippen LogP contribution in [0.5, 0.6) is 0 Å². The maximum absolute atomic E-state index is 11.9. The summed E-state index contributed by atoms with van der Waals surface area (Å²) in [5.74, 6) is 0.360. The molecule has 0 saturated carbocycles. The van der Waals surface area contributed by atoms with Gasteiger partial charge in [0.2, 0.25) is 5.91 Å². The van der Waals surface area contributed by atoms with E-state index in [9.17, 15) is 13.2 Å². The molecule has 0 bridgehead atoms. The molecular formula is C15H24N2O3S. The van der Waals surface area contributed by atoms with Crippen LogP contribution in [0.2, 0.25) is 0 Å². The van der Waals surface area contributed by atoms with Crippen LogP contribution in [-0.4, -0.2) is 27.1 Å². The van der Waals surface area contributed by atoms with Crippen LogP contribution < -0.4 is 11.1 Å². The number of amides is 1. The van der Waals surface area contributed by atoms with Crippen molar-refractivity contribution in [2.75, 3.05) is 18.1 Å². The Hall–Kier alpha value is -1.40. The highest BCUT2D eigenvalue weighted by molar-refractivity contribution is 7.90.